The highest BCUT2D eigenvalue weighted by atomic mass is 16.5. The highest BCUT2D eigenvalue weighted by molar-refractivity contribution is 5.81. The molecule has 0 aliphatic carbocycles. The summed E-state index contributed by atoms with van der Waals surface area (Å²) in [6.45, 7) is 0.546. The molecular formula is C23H20N2O4. The molecule has 0 unspecified atom stereocenters. The molecule has 2 aromatic heterocycles. The summed E-state index contributed by atoms with van der Waals surface area (Å²) in [5.41, 5.74) is 2.36. The van der Waals surface area contributed by atoms with Crippen molar-refractivity contribution in [1.82, 2.24) is 9.55 Å². The van der Waals surface area contributed by atoms with E-state index in [1.54, 1.807) is 22.9 Å². The van der Waals surface area contributed by atoms with Gasteiger partial charge in [-0.05, 0) is 35.9 Å². The molecule has 2 aromatic carbocycles. The lowest BCUT2D eigenvalue weighted by Gasteiger charge is -2.10. The van der Waals surface area contributed by atoms with Crippen LogP contribution in [0.15, 0.2) is 83.8 Å². The number of aromatic nitrogens is 2. The molecule has 4 aromatic rings. The van der Waals surface area contributed by atoms with Gasteiger partial charge in [0, 0.05) is 29.4 Å². The highest BCUT2D eigenvalue weighted by Gasteiger charge is 2.06. The van der Waals surface area contributed by atoms with Crippen LogP contribution >= 0.6 is 0 Å². The van der Waals surface area contributed by atoms with E-state index in [-0.39, 0.29) is 18.8 Å². The maximum Gasteiger partial charge on any atom is 0.258 e. The van der Waals surface area contributed by atoms with E-state index >= 15 is 0 Å². The normalized spacial score (nSPS) is 10.8. The molecule has 0 amide bonds. The standard InChI is InChI=1S/C23H20N2O4/c26-12-13-28-22-9-6-18-14-19(7-8-21(18)24-22)25-11-10-20(15-23(25)27)29-16-17-4-2-1-3-5-17/h1-11,14-15,26H,12-13,16H2. The van der Waals surface area contributed by atoms with Gasteiger partial charge in [0.15, 0.2) is 0 Å². The van der Waals surface area contributed by atoms with Crippen LogP contribution in [0.2, 0.25) is 0 Å². The summed E-state index contributed by atoms with van der Waals surface area (Å²) in [5, 5.41) is 9.73. The van der Waals surface area contributed by atoms with Gasteiger partial charge in [-0.3, -0.25) is 9.36 Å². The third-order valence-corrected chi connectivity index (χ3v) is 4.41. The van der Waals surface area contributed by atoms with Gasteiger partial charge in [-0.15, -0.1) is 0 Å². The Kier molecular flexibility index (Phi) is 5.54. The first-order chi connectivity index (χ1) is 14.2. The average molecular weight is 388 g/mol. The molecule has 0 radical (unpaired) electrons. The van der Waals surface area contributed by atoms with Gasteiger partial charge < -0.3 is 14.6 Å². The smallest absolute Gasteiger partial charge is 0.258 e. The molecule has 146 valence electrons. The quantitative estimate of drug-likeness (QED) is 0.526. The number of ether oxygens (including phenoxy) is 2. The molecule has 6 heteroatoms. The zero-order valence-electron chi connectivity index (χ0n) is 15.7. The zero-order valence-corrected chi connectivity index (χ0v) is 15.7. The van der Waals surface area contributed by atoms with Gasteiger partial charge in [-0.25, -0.2) is 4.98 Å². The van der Waals surface area contributed by atoms with Gasteiger partial charge in [-0.2, -0.15) is 0 Å². The van der Waals surface area contributed by atoms with Crippen molar-refractivity contribution in [3.8, 4) is 17.3 Å². The molecule has 2 heterocycles. The van der Waals surface area contributed by atoms with Crippen molar-refractivity contribution in [3.05, 3.63) is 94.9 Å². The van der Waals surface area contributed by atoms with Crippen molar-refractivity contribution in [3.63, 3.8) is 0 Å². The van der Waals surface area contributed by atoms with Crippen LogP contribution in [0.25, 0.3) is 16.6 Å². The zero-order chi connectivity index (χ0) is 20.1. The van der Waals surface area contributed by atoms with Gasteiger partial charge in [0.25, 0.3) is 5.56 Å². The summed E-state index contributed by atoms with van der Waals surface area (Å²) >= 11 is 0. The van der Waals surface area contributed by atoms with Crippen LogP contribution in [-0.4, -0.2) is 27.9 Å². The lowest BCUT2D eigenvalue weighted by atomic mass is 10.2. The lowest BCUT2D eigenvalue weighted by molar-refractivity contribution is 0.197. The van der Waals surface area contributed by atoms with E-state index in [0.29, 0.717) is 18.2 Å². The highest BCUT2D eigenvalue weighted by Crippen LogP contribution is 2.20. The molecule has 6 nitrogen and oxygen atoms in total. The van der Waals surface area contributed by atoms with Crippen LogP contribution in [0.5, 0.6) is 11.6 Å². The molecule has 1 N–H and O–H groups in total. The minimum atomic E-state index is -0.175. The van der Waals surface area contributed by atoms with E-state index in [2.05, 4.69) is 4.98 Å². The molecule has 4 rings (SSSR count). The van der Waals surface area contributed by atoms with Crippen LogP contribution < -0.4 is 15.0 Å². The van der Waals surface area contributed by atoms with Crippen molar-refractivity contribution in [1.29, 1.82) is 0 Å². The Hall–Kier alpha value is -3.64. The van der Waals surface area contributed by atoms with E-state index in [1.807, 2.05) is 54.6 Å². The minimum absolute atomic E-state index is 0.0629. The Morgan fingerprint density at radius 3 is 2.59 bits per heavy atom. The molecule has 0 saturated carbocycles. The first-order valence-corrected chi connectivity index (χ1v) is 9.27. The third-order valence-electron chi connectivity index (χ3n) is 4.41. The van der Waals surface area contributed by atoms with Crippen LogP contribution in [0.3, 0.4) is 0 Å². The van der Waals surface area contributed by atoms with E-state index in [0.717, 1.165) is 22.2 Å². The summed E-state index contributed by atoms with van der Waals surface area (Å²) in [4.78, 5) is 17.0. The molecule has 0 atom stereocenters. The van der Waals surface area contributed by atoms with Crippen molar-refractivity contribution >= 4 is 10.9 Å². The van der Waals surface area contributed by atoms with Crippen LogP contribution in [0.4, 0.5) is 0 Å². The fraction of sp³-hybridized carbons (Fsp3) is 0.130. The third kappa shape index (κ3) is 4.44. The van der Waals surface area contributed by atoms with E-state index in [4.69, 9.17) is 14.6 Å². The maximum absolute atomic E-state index is 12.6. The summed E-state index contributed by atoms with van der Waals surface area (Å²) in [5.74, 6) is 0.986. The Labute approximate surface area is 167 Å². The lowest BCUT2D eigenvalue weighted by Crippen LogP contribution is -2.16. The van der Waals surface area contributed by atoms with Crippen molar-refractivity contribution in [2.75, 3.05) is 13.2 Å². The van der Waals surface area contributed by atoms with Gasteiger partial charge in [0.05, 0.1) is 12.1 Å². The van der Waals surface area contributed by atoms with E-state index < -0.39 is 0 Å². The Balaban J connectivity index is 1.54. The Bertz CT molecular complexity index is 1170. The maximum atomic E-state index is 12.6. The number of aliphatic hydroxyl groups is 1. The summed E-state index contributed by atoms with van der Waals surface area (Å²) in [6, 6.07) is 22.2. The second kappa shape index (κ2) is 8.58. The second-order valence-electron chi connectivity index (χ2n) is 6.44. The van der Waals surface area contributed by atoms with Crippen LogP contribution in [0, 0.1) is 0 Å². The molecule has 29 heavy (non-hydrogen) atoms. The predicted molar refractivity (Wildman–Crippen MR) is 111 cm³/mol. The first kappa shape index (κ1) is 18.7. The molecule has 0 spiro atoms. The van der Waals surface area contributed by atoms with E-state index in [1.165, 1.54) is 6.07 Å². The Morgan fingerprint density at radius 1 is 0.931 bits per heavy atom. The second-order valence-corrected chi connectivity index (χ2v) is 6.44. The number of hydrogen-bond acceptors (Lipinski definition) is 5. The monoisotopic (exact) mass is 388 g/mol. The molecule has 0 bridgehead atoms. The number of pyridine rings is 2. The molecule has 0 fully saturated rings. The van der Waals surface area contributed by atoms with Gasteiger partial charge >= 0.3 is 0 Å². The van der Waals surface area contributed by atoms with Crippen LogP contribution in [0.1, 0.15) is 5.56 Å². The summed E-state index contributed by atoms with van der Waals surface area (Å²) in [6.07, 6.45) is 1.70. The van der Waals surface area contributed by atoms with Crippen molar-refractivity contribution in [2.45, 2.75) is 6.61 Å². The SMILES string of the molecule is O=c1cc(OCc2ccccc2)ccn1-c1ccc2nc(OCCO)ccc2c1. The predicted octanol–water partition coefficient (Wildman–Crippen LogP) is 3.34. The average Bonchev–Trinajstić information content (AvgIpc) is 2.76. The number of benzene rings is 2. The van der Waals surface area contributed by atoms with Gasteiger partial charge in [0.1, 0.15) is 19.0 Å². The van der Waals surface area contributed by atoms with E-state index in [9.17, 15) is 4.79 Å². The van der Waals surface area contributed by atoms with Gasteiger partial charge in [-0.1, -0.05) is 30.3 Å². The molecule has 0 saturated heterocycles. The fourth-order valence-electron chi connectivity index (χ4n) is 2.98. The van der Waals surface area contributed by atoms with Crippen molar-refractivity contribution < 1.29 is 14.6 Å². The summed E-state index contributed by atoms with van der Waals surface area (Å²) in [7, 11) is 0. The van der Waals surface area contributed by atoms with Crippen LogP contribution in [-0.2, 0) is 6.61 Å². The Morgan fingerprint density at radius 2 is 1.79 bits per heavy atom. The van der Waals surface area contributed by atoms with Crippen molar-refractivity contribution in [2.24, 2.45) is 0 Å². The number of rotatable bonds is 7. The number of fused-ring (bicyclic) bond motifs is 1. The minimum Gasteiger partial charge on any atom is -0.489 e. The number of hydrogen-bond donors (Lipinski definition) is 1. The largest absolute Gasteiger partial charge is 0.489 e. The summed E-state index contributed by atoms with van der Waals surface area (Å²) < 4.78 is 12.6. The first-order valence-electron chi connectivity index (χ1n) is 9.27. The topological polar surface area (TPSA) is 73.6 Å². The molecule has 0 aliphatic rings. The number of aliphatic hydroxyl groups excluding tert-OH is 1. The fourth-order valence-corrected chi connectivity index (χ4v) is 2.98. The molecular weight excluding hydrogens is 368 g/mol. The molecule has 0 aliphatic heterocycles. The van der Waals surface area contributed by atoms with Gasteiger partial charge in [0.2, 0.25) is 5.88 Å². The number of nitrogens with zero attached hydrogens (tertiary/aromatic N) is 2.